The van der Waals surface area contributed by atoms with Crippen molar-refractivity contribution in [2.45, 2.75) is 12.8 Å². The fourth-order valence-corrected chi connectivity index (χ4v) is 2.24. The van der Waals surface area contributed by atoms with Crippen LogP contribution in [0.15, 0.2) is 36.5 Å². The van der Waals surface area contributed by atoms with E-state index in [1.807, 2.05) is 0 Å². The topological polar surface area (TPSA) is 72.5 Å². The monoisotopic (exact) mass is 405 g/mol. The van der Waals surface area contributed by atoms with E-state index in [1.54, 1.807) is 0 Å². The van der Waals surface area contributed by atoms with E-state index in [9.17, 15) is 26.7 Å². The second-order valence-electron chi connectivity index (χ2n) is 5.32. The van der Waals surface area contributed by atoms with Gasteiger partial charge in [-0.15, -0.1) is 0 Å². The minimum Gasteiger partial charge on any atom is -0.493 e. The van der Waals surface area contributed by atoms with E-state index in [2.05, 4.69) is 20.4 Å². The van der Waals surface area contributed by atoms with E-state index >= 15 is 0 Å². The number of alkyl halides is 5. The predicted molar refractivity (Wildman–Crippen MR) is 89.7 cm³/mol. The highest BCUT2D eigenvalue weighted by Gasteiger charge is 2.33. The maximum absolute atomic E-state index is 12.9. The first-order valence-electron chi connectivity index (χ1n) is 7.89. The van der Waals surface area contributed by atoms with E-state index < -0.39 is 24.3 Å². The molecule has 1 amide bonds. The first-order valence-corrected chi connectivity index (χ1v) is 7.89. The number of hydrogen-bond donors (Lipinski definition) is 2. The van der Waals surface area contributed by atoms with Crippen LogP contribution in [0.1, 0.15) is 15.9 Å². The Labute approximate surface area is 156 Å². The van der Waals surface area contributed by atoms with Crippen molar-refractivity contribution < 1.29 is 36.2 Å². The molecule has 0 fully saturated rings. The van der Waals surface area contributed by atoms with E-state index in [-0.39, 0.29) is 36.0 Å². The van der Waals surface area contributed by atoms with Gasteiger partial charge in [0, 0.05) is 24.8 Å². The molecule has 0 atom stereocenters. The molecule has 1 heterocycles. The minimum absolute atomic E-state index is 0.0188. The number of amides is 1. The van der Waals surface area contributed by atoms with Crippen molar-refractivity contribution in [2.75, 3.05) is 25.5 Å². The van der Waals surface area contributed by atoms with Gasteiger partial charge in [0.25, 0.3) is 5.91 Å². The molecule has 2 N–H and O–H groups in total. The third-order valence-corrected chi connectivity index (χ3v) is 3.46. The van der Waals surface area contributed by atoms with Crippen LogP contribution in [0.25, 0.3) is 0 Å². The first kappa shape index (κ1) is 21.2. The molecule has 11 heteroatoms. The van der Waals surface area contributed by atoms with E-state index in [1.165, 1.54) is 31.5 Å². The molecular formula is C17H16F5N3O3. The van der Waals surface area contributed by atoms with Crippen LogP contribution in [0.3, 0.4) is 0 Å². The second kappa shape index (κ2) is 9.20. The van der Waals surface area contributed by atoms with Gasteiger partial charge in [-0.25, -0.2) is 4.98 Å². The zero-order valence-electron chi connectivity index (χ0n) is 14.5. The van der Waals surface area contributed by atoms with Crippen molar-refractivity contribution in [3.8, 4) is 11.5 Å². The summed E-state index contributed by atoms with van der Waals surface area (Å²) in [6.45, 7) is -3.18. The zero-order chi connectivity index (χ0) is 20.7. The van der Waals surface area contributed by atoms with Crippen molar-refractivity contribution in [2.24, 2.45) is 0 Å². The van der Waals surface area contributed by atoms with Gasteiger partial charge in [-0.1, -0.05) is 0 Å². The smallest absolute Gasteiger partial charge is 0.419 e. The largest absolute Gasteiger partial charge is 0.493 e. The maximum Gasteiger partial charge on any atom is 0.419 e. The van der Waals surface area contributed by atoms with E-state index in [0.29, 0.717) is 0 Å². The summed E-state index contributed by atoms with van der Waals surface area (Å²) in [5, 5.41) is 4.94. The lowest BCUT2D eigenvalue weighted by Gasteiger charge is -2.14. The van der Waals surface area contributed by atoms with E-state index in [0.717, 1.165) is 12.1 Å². The fraction of sp³-hybridized carbons (Fsp3) is 0.294. The number of pyridine rings is 1. The quantitative estimate of drug-likeness (QED) is 0.519. The lowest BCUT2D eigenvalue weighted by atomic mass is 10.2. The van der Waals surface area contributed by atoms with Gasteiger partial charge in [-0.3, -0.25) is 4.79 Å². The molecule has 0 bridgehead atoms. The van der Waals surface area contributed by atoms with Gasteiger partial charge in [0.1, 0.15) is 5.82 Å². The normalized spacial score (nSPS) is 11.2. The Morgan fingerprint density at radius 1 is 1.18 bits per heavy atom. The second-order valence-corrected chi connectivity index (χ2v) is 5.32. The molecule has 0 aliphatic heterocycles. The fourth-order valence-electron chi connectivity index (χ4n) is 2.24. The van der Waals surface area contributed by atoms with Gasteiger partial charge >= 0.3 is 12.8 Å². The number of aromatic nitrogens is 1. The Kier molecular flexibility index (Phi) is 6.96. The summed E-state index contributed by atoms with van der Waals surface area (Å²) < 4.78 is 72.6. The molecule has 2 rings (SSSR count). The highest BCUT2D eigenvalue weighted by molar-refractivity contribution is 5.94. The molecule has 0 spiro atoms. The zero-order valence-corrected chi connectivity index (χ0v) is 14.5. The van der Waals surface area contributed by atoms with Crippen molar-refractivity contribution in [3.63, 3.8) is 0 Å². The lowest BCUT2D eigenvalue weighted by molar-refractivity contribution is -0.137. The summed E-state index contributed by atoms with van der Waals surface area (Å²) in [6.07, 6.45) is -3.36. The summed E-state index contributed by atoms with van der Waals surface area (Å²) in [4.78, 5) is 15.7. The summed E-state index contributed by atoms with van der Waals surface area (Å²) in [7, 11) is 1.26. The molecule has 0 aliphatic rings. The Balaban J connectivity index is 1.95. The molecule has 0 radical (unpaired) electrons. The van der Waals surface area contributed by atoms with Crippen LogP contribution in [-0.4, -0.2) is 37.7 Å². The molecule has 0 saturated heterocycles. The van der Waals surface area contributed by atoms with Crippen LogP contribution in [0.4, 0.5) is 27.8 Å². The van der Waals surface area contributed by atoms with Crippen LogP contribution >= 0.6 is 0 Å². The maximum atomic E-state index is 12.9. The molecule has 28 heavy (non-hydrogen) atoms. The van der Waals surface area contributed by atoms with Crippen LogP contribution in [-0.2, 0) is 6.18 Å². The van der Waals surface area contributed by atoms with Crippen molar-refractivity contribution in [1.82, 2.24) is 10.3 Å². The van der Waals surface area contributed by atoms with Gasteiger partial charge in [0.15, 0.2) is 11.5 Å². The Hall–Kier alpha value is -3.11. The molecular weight excluding hydrogens is 389 g/mol. The number of carbonyl (C=O) groups excluding carboxylic acids is 1. The molecule has 2 aromatic rings. The van der Waals surface area contributed by atoms with Gasteiger partial charge in [0.2, 0.25) is 0 Å². The number of benzene rings is 1. The van der Waals surface area contributed by atoms with Crippen molar-refractivity contribution >= 4 is 11.7 Å². The van der Waals surface area contributed by atoms with E-state index in [4.69, 9.17) is 4.74 Å². The lowest BCUT2D eigenvalue weighted by Crippen LogP contribution is -2.29. The van der Waals surface area contributed by atoms with Crippen LogP contribution in [0, 0.1) is 0 Å². The summed E-state index contributed by atoms with van der Waals surface area (Å²) >= 11 is 0. The Morgan fingerprint density at radius 3 is 2.57 bits per heavy atom. The van der Waals surface area contributed by atoms with Crippen molar-refractivity contribution in [1.29, 1.82) is 0 Å². The molecule has 1 aromatic heterocycles. The third kappa shape index (κ3) is 5.69. The number of rotatable bonds is 8. The third-order valence-electron chi connectivity index (χ3n) is 3.46. The number of halogens is 5. The minimum atomic E-state index is -4.57. The molecule has 0 unspecified atom stereocenters. The summed E-state index contributed by atoms with van der Waals surface area (Å²) in [6, 6.07) is 5.75. The first-order chi connectivity index (χ1) is 13.2. The van der Waals surface area contributed by atoms with Gasteiger partial charge in [-0.2, -0.15) is 22.0 Å². The van der Waals surface area contributed by atoms with Crippen LogP contribution in [0.2, 0.25) is 0 Å². The molecule has 0 aliphatic carbocycles. The molecule has 1 aromatic carbocycles. The summed E-state index contributed by atoms with van der Waals surface area (Å²) in [5.41, 5.74) is -0.907. The van der Waals surface area contributed by atoms with Crippen molar-refractivity contribution in [3.05, 3.63) is 47.7 Å². The SMILES string of the molecule is COc1ccc(C(=O)NCCNc2ncccc2C(F)(F)F)cc1OC(F)F. The number of methoxy groups -OCH3 is 1. The van der Waals surface area contributed by atoms with Gasteiger partial charge in [-0.05, 0) is 30.3 Å². The number of hydrogen-bond acceptors (Lipinski definition) is 5. The average molecular weight is 405 g/mol. The van der Waals surface area contributed by atoms with Gasteiger partial charge in [0.05, 0.1) is 12.7 Å². The molecule has 152 valence electrons. The molecule has 0 saturated carbocycles. The standard InChI is InChI=1S/C17H16F5N3O3/c1-27-12-5-4-10(9-13(12)28-16(18)19)15(26)25-8-7-24-14-11(17(20,21)22)3-2-6-23-14/h2-6,9,16H,7-8H2,1H3,(H,23,24)(H,25,26). The highest BCUT2D eigenvalue weighted by atomic mass is 19.4. The number of nitrogens with one attached hydrogen (secondary N) is 2. The number of anilines is 1. The number of carbonyl (C=O) groups is 1. The van der Waals surface area contributed by atoms with Crippen LogP contribution in [0.5, 0.6) is 11.5 Å². The molecule has 6 nitrogen and oxygen atoms in total. The number of nitrogens with zero attached hydrogens (tertiary/aromatic N) is 1. The summed E-state index contributed by atoms with van der Waals surface area (Å²) in [5.74, 6) is -1.28. The Morgan fingerprint density at radius 2 is 1.93 bits per heavy atom. The van der Waals surface area contributed by atoms with Gasteiger partial charge < -0.3 is 20.1 Å². The Bertz CT molecular complexity index is 815. The predicted octanol–water partition coefficient (Wildman–Crippen LogP) is 3.55. The number of ether oxygens (including phenoxy) is 2. The highest BCUT2D eigenvalue weighted by Crippen LogP contribution is 2.33. The average Bonchev–Trinajstić information content (AvgIpc) is 2.64. The van der Waals surface area contributed by atoms with Crippen LogP contribution < -0.4 is 20.1 Å².